The van der Waals surface area contributed by atoms with E-state index in [4.69, 9.17) is 9.47 Å². The van der Waals surface area contributed by atoms with E-state index in [2.05, 4.69) is 31.0 Å². The molecule has 2 aromatic carbocycles. The zero-order chi connectivity index (χ0) is 24.0. The minimum Gasteiger partial charge on any atom is -0.507 e. The Hall–Kier alpha value is -2.95. The van der Waals surface area contributed by atoms with Gasteiger partial charge >= 0.3 is 5.97 Å². The molecule has 0 bridgehead atoms. The van der Waals surface area contributed by atoms with Gasteiger partial charge in [0.05, 0.1) is 7.11 Å². The predicted octanol–water partition coefficient (Wildman–Crippen LogP) is 5.80. The monoisotopic (exact) mass is 451 g/mol. The van der Waals surface area contributed by atoms with Gasteiger partial charge in [0.2, 0.25) is 0 Å². The fourth-order valence-electron chi connectivity index (χ4n) is 4.91. The molecular weight excluding hydrogens is 414 g/mol. The molecule has 1 saturated carbocycles. The number of nitrogens with one attached hydrogen (secondary N) is 1. The summed E-state index contributed by atoms with van der Waals surface area (Å²) in [5.41, 5.74) is 4.58. The van der Waals surface area contributed by atoms with E-state index in [1.165, 1.54) is 12.5 Å². The lowest BCUT2D eigenvalue weighted by Gasteiger charge is -2.35. The summed E-state index contributed by atoms with van der Waals surface area (Å²) in [5, 5.41) is 14.4. The van der Waals surface area contributed by atoms with E-state index in [0.29, 0.717) is 18.0 Å². The molecule has 178 valence electrons. The molecular formula is C28H37NO4. The van der Waals surface area contributed by atoms with Crippen molar-refractivity contribution in [2.45, 2.75) is 64.9 Å². The third-order valence-corrected chi connectivity index (χ3v) is 6.62. The number of phenols is 1. The topological polar surface area (TPSA) is 67.8 Å². The molecule has 1 aliphatic carbocycles. The van der Waals surface area contributed by atoms with Crippen molar-refractivity contribution in [3.05, 3.63) is 65.2 Å². The first-order chi connectivity index (χ1) is 15.8. The van der Waals surface area contributed by atoms with Gasteiger partial charge in [-0.15, -0.1) is 0 Å². The smallest absolute Gasteiger partial charge is 0.302 e. The van der Waals surface area contributed by atoms with Gasteiger partial charge < -0.3 is 19.9 Å². The molecule has 2 aromatic rings. The average Bonchev–Trinajstić information content (AvgIpc) is 2.80. The molecule has 0 aliphatic heterocycles. The van der Waals surface area contributed by atoms with Crippen molar-refractivity contribution in [3.63, 3.8) is 0 Å². The van der Waals surface area contributed by atoms with Crippen LogP contribution in [0.25, 0.3) is 5.70 Å². The summed E-state index contributed by atoms with van der Waals surface area (Å²) in [7, 11) is 1.65. The van der Waals surface area contributed by atoms with Crippen molar-refractivity contribution >= 4 is 11.7 Å². The van der Waals surface area contributed by atoms with Crippen LogP contribution < -0.4 is 10.1 Å². The highest BCUT2D eigenvalue weighted by atomic mass is 16.5. The van der Waals surface area contributed by atoms with Gasteiger partial charge in [0, 0.05) is 31.1 Å². The fourth-order valence-corrected chi connectivity index (χ4v) is 4.91. The summed E-state index contributed by atoms with van der Waals surface area (Å²) in [5.74, 6) is 1.62. The van der Waals surface area contributed by atoms with E-state index in [0.717, 1.165) is 54.7 Å². The Labute approximate surface area is 197 Å². The highest BCUT2D eigenvalue weighted by molar-refractivity contribution is 5.70. The lowest BCUT2D eigenvalue weighted by molar-refractivity contribution is -0.148. The molecule has 0 unspecified atom stereocenters. The maximum atomic E-state index is 11.6. The van der Waals surface area contributed by atoms with Gasteiger partial charge in [-0.1, -0.05) is 38.1 Å². The third-order valence-electron chi connectivity index (χ3n) is 6.62. The normalized spacial score (nSPS) is 20.2. The van der Waals surface area contributed by atoms with Crippen LogP contribution >= 0.6 is 0 Å². The number of methoxy groups -OCH3 is 1. The van der Waals surface area contributed by atoms with E-state index in [1.807, 2.05) is 31.2 Å². The zero-order valence-electron chi connectivity index (χ0n) is 20.3. The van der Waals surface area contributed by atoms with Crippen LogP contribution in [0.5, 0.6) is 11.5 Å². The Morgan fingerprint density at radius 1 is 1.15 bits per heavy atom. The number of aromatic hydroxyl groups is 1. The molecule has 0 heterocycles. The maximum absolute atomic E-state index is 11.6. The van der Waals surface area contributed by atoms with Crippen molar-refractivity contribution in [3.8, 4) is 11.5 Å². The number of hydrogen-bond donors (Lipinski definition) is 2. The van der Waals surface area contributed by atoms with Crippen LogP contribution in [0, 0.1) is 5.92 Å². The highest BCUT2D eigenvalue weighted by Crippen LogP contribution is 2.42. The lowest BCUT2D eigenvalue weighted by atomic mass is 9.74. The van der Waals surface area contributed by atoms with Gasteiger partial charge in [-0.25, -0.2) is 0 Å². The predicted molar refractivity (Wildman–Crippen MR) is 133 cm³/mol. The van der Waals surface area contributed by atoms with Gasteiger partial charge in [0.1, 0.15) is 17.6 Å². The van der Waals surface area contributed by atoms with Crippen molar-refractivity contribution in [1.29, 1.82) is 0 Å². The van der Waals surface area contributed by atoms with Crippen LogP contribution in [0.15, 0.2) is 43.0 Å². The van der Waals surface area contributed by atoms with Gasteiger partial charge in [0.25, 0.3) is 0 Å². The number of carbonyl (C=O) groups is 1. The molecule has 0 radical (unpaired) electrons. The Morgan fingerprint density at radius 3 is 2.48 bits per heavy atom. The molecule has 5 heteroatoms. The molecule has 3 rings (SSSR count). The first kappa shape index (κ1) is 24.7. The molecule has 5 nitrogen and oxygen atoms in total. The van der Waals surface area contributed by atoms with Gasteiger partial charge in [-0.3, -0.25) is 4.79 Å². The Bertz CT molecular complexity index is 967. The number of esters is 1. The van der Waals surface area contributed by atoms with Crippen LogP contribution in [0.1, 0.15) is 74.6 Å². The fraction of sp³-hybridized carbons (Fsp3) is 0.464. The van der Waals surface area contributed by atoms with Gasteiger partial charge in [-0.2, -0.15) is 0 Å². The minimum absolute atomic E-state index is 0.0644. The van der Waals surface area contributed by atoms with E-state index in [1.54, 1.807) is 7.11 Å². The van der Waals surface area contributed by atoms with E-state index in [-0.39, 0.29) is 23.7 Å². The average molecular weight is 452 g/mol. The summed E-state index contributed by atoms with van der Waals surface area (Å²) < 4.78 is 10.9. The second kappa shape index (κ2) is 11.3. The SMILES string of the molecule is C=C(NCC)c1cc([C@@H]2C[C@H](CC)C[C@H](OC(C)=O)C2)cc(Cc2ccc(OC)cc2)c1O. The molecule has 1 fully saturated rings. The highest BCUT2D eigenvalue weighted by Gasteiger charge is 2.31. The number of hydrogen-bond acceptors (Lipinski definition) is 5. The molecule has 0 spiro atoms. The van der Waals surface area contributed by atoms with Crippen LogP contribution in [0.2, 0.25) is 0 Å². The molecule has 33 heavy (non-hydrogen) atoms. The van der Waals surface area contributed by atoms with Crippen molar-refractivity contribution < 1.29 is 19.4 Å². The summed E-state index contributed by atoms with van der Waals surface area (Å²) in [6.45, 7) is 10.6. The zero-order valence-corrected chi connectivity index (χ0v) is 20.3. The second-order valence-electron chi connectivity index (χ2n) is 9.02. The number of phenolic OH excluding ortho intramolecular Hbond substituents is 1. The number of benzene rings is 2. The number of rotatable bonds is 9. The largest absolute Gasteiger partial charge is 0.507 e. The molecule has 0 saturated heterocycles. The van der Waals surface area contributed by atoms with Crippen LogP contribution in [0.3, 0.4) is 0 Å². The van der Waals surface area contributed by atoms with E-state index < -0.39 is 0 Å². The summed E-state index contributed by atoms with van der Waals surface area (Å²) >= 11 is 0. The van der Waals surface area contributed by atoms with Crippen LogP contribution in [-0.2, 0) is 16.0 Å². The number of carbonyl (C=O) groups excluding carboxylic acids is 1. The molecule has 2 N–H and O–H groups in total. The minimum atomic E-state index is -0.220. The quantitative estimate of drug-likeness (QED) is 0.472. The Balaban J connectivity index is 1.98. The van der Waals surface area contributed by atoms with Crippen molar-refractivity contribution in [1.82, 2.24) is 5.32 Å². The Morgan fingerprint density at radius 2 is 1.88 bits per heavy atom. The molecule has 1 aliphatic rings. The summed E-state index contributed by atoms with van der Waals surface area (Å²) in [6, 6.07) is 12.1. The molecule has 3 atom stereocenters. The third kappa shape index (κ3) is 6.31. The van der Waals surface area contributed by atoms with Crippen molar-refractivity contribution in [2.24, 2.45) is 5.92 Å². The number of ether oxygens (including phenoxy) is 2. The lowest BCUT2D eigenvalue weighted by Crippen LogP contribution is -2.29. The van der Waals surface area contributed by atoms with Crippen molar-refractivity contribution in [2.75, 3.05) is 13.7 Å². The van der Waals surface area contributed by atoms with Crippen LogP contribution in [0.4, 0.5) is 0 Å². The maximum Gasteiger partial charge on any atom is 0.302 e. The van der Waals surface area contributed by atoms with E-state index in [9.17, 15) is 9.90 Å². The molecule has 0 aromatic heterocycles. The standard InChI is InChI=1S/C28H37NO4/c1-6-20-12-22(16-26(14-20)33-19(4)30)23-15-24(13-21-8-10-25(32-5)11-9-21)28(31)27(17-23)18(3)29-7-2/h8-11,15,17,20,22,26,29,31H,3,6-7,12-14,16H2,1-2,4-5H3/t20-,22+,26-/m0/s1. The van der Waals surface area contributed by atoms with Crippen LogP contribution in [-0.4, -0.2) is 30.8 Å². The second-order valence-corrected chi connectivity index (χ2v) is 9.02. The summed E-state index contributed by atoms with van der Waals surface area (Å²) in [6.07, 6.45) is 4.37. The summed E-state index contributed by atoms with van der Waals surface area (Å²) in [4.78, 5) is 11.6. The Kier molecular flexibility index (Phi) is 8.43. The van der Waals surface area contributed by atoms with Gasteiger partial charge in [0.15, 0.2) is 0 Å². The first-order valence-corrected chi connectivity index (χ1v) is 11.9. The van der Waals surface area contributed by atoms with Gasteiger partial charge in [-0.05, 0) is 72.9 Å². The van der Waals surface area contributed by atoms with E-state index >= 15 is 0 Å². The molecule has 0 amide bonds. The first-order valence-electron chi connectivity index (χ1n) is 11.9.